The fourth-order valence-electron chi connectivity index (χ4n) is 1.09. The van der Waals surface area contributed by atoms with E-state index >= 15 is 0 Å². The number of hydrogen-bond donors (Lipinski definition) is 0. The van der Waals surface area contributed by atoms with Crippen LogP contribution in [0.4, 0.5) is 0 Å². The van der Waals surface area contributed by atoms with Crippen LogP contribution in [0.3, 0.4) is 0 Å². The zero-order chi connectivity index (χ0) is 14.4. The molecule has 1 rings (SSSR count). The van der Waals surface area contributed by atoms with Gasteiger partial charge in [-0.15, -0.1) is 0 Å². The highest BCUT2D eigenvalue weighted by Gasteiger charge is 2.14. The summed E-state index contributed by atoms with van der Waals surface area (Å²) >= 11 is 0. The van der Waals surface area contributed by atoms with Crippen molar-refractivity contribution in [2.24, 2.45) is 0 Å². The average Bonchev–Trinajstić information content (AvgIpc) is 2.13. The Morgan fingerprint density at radius 1 is 1.46 bits per heavy atom. The van der Waals surface area contributed by atoms with Gasteiger partial charge in [0.05, 0.1) is 0 Å². The molecular weight excluding hydrogens is 158 g/mol. The first kappa shape index (κ1) is 5.14. The van der Waals surface area contributed by atoms with Gasteiger partial charge in [0.15, 0.2) is 0 Å². The van der Waals surface area contributed by atoms with Crippen LogP contribution < -0.4 is 0 Å². The second-order valence-corrected chi connectivity index (χ2v) is 4.13. The molecule has 0 amide bonds. The molecule has 0 bridgehead atoms. The zero-order valence-corrected chi connectivity index (χ0v) is 8.60. The molecule has 0 unspecified atom stereocenters. The van der Waals surface area contributed by atoms with E-state index in [9.17, 15) is 0 Å². The van der Waals surface area contributed by atoms with Crippen LogP contribution in [0.1, 0.15) is 51.5 Å². The first-order valence-corrected chi connectivity index (χ1v) is 4.35. The largest absolute Gasteiger partial charge is 0.258 e. The van der Waals surface area contributed by atoms with E-state index in [0.29, 0.717) is 0 Å². The van der Waals surface area contributed by atoms with Gasteiger partial charge in [-0.05, 0) is 36.3 Å². The highest BCUT2D eigenvalue weighted by Crippen LogP contribution is 2.23. The van der Waals surface area contributed by atoms with Crippen molar-refractivity contribution in [1.82, 2.24) is 4.98 Å². The third-order valence-corrected chi connectivity index (χ3v) is 1.95. The minimum atomic E-state index is -2.32. The molecule has 0 spiro atoms. The standard InChI is InChI=1S/C12H19N/c1-6-11-8-10(12(3,4)5)7-9(2)13-11/h7-8H,6H2,1-5H3/i2D3,6D2. The van der Waals surface area contributed by atoms with Gasteiger partial charge >= 0.3 is 0 Å². The number of aromatic nitrogens is 1. The average molecular weight is 182 g/mol. The number of nitrogens with zero attached hydrogens (tertiary/aromatic N) is 1. The molecule has 0 fully saturated rings. The van der Waals surface area contributed by atoms with Gasteiger partial charge in [-0.3, -0.25) is 4.98 Å². The predicted octanol–water partition coefficient (Wildman–Crippen LogP) is 3.25. The fraction of sp³-hybridized carbons (Fsp3) is 0.583. The molecule has 0 aliphatic heterocycles. The fourth-order valence-corrected chi connectivity index (χ4v) is 1.09. The Labute approximate surface area is 88.2 Å². The topological polar surface area (TPSA) is 12.9 Å². The van der Waals surface area contributed by atoms with Crippen LogP contribution in [-0.4, -0.2) is 4.98 Å². The monoisotopic (exact) mass is 182 g/mol. The molecule has 0 aliphatic carbocycles. The summed E-state index contributed by atoms with van der Waals surface area (Å²) in [7, 11) is 0. The molecule has 13 heavy (non-hydrogen) atoms. The van der Waals surface area contributed by atoms with Gasteiger partial charge in [-0.1, -0.05) is 27.7 Å². The zero-order valence-electron chi connectivity index (χ0n) is 13.6. The lowest BCUT2D eigenvalue weighted by atomic mass is 9.86. The Morgan fingerprint density at radius 3 is 2.62 bits per heavy atom. The Hall–Kier alpha value is -0.850. The van der Waals surface area contributed by atoms with Crippen LogP contribution >= 0.6 is 0 Å². The quantitative estimate of drug-likeness (QED) is 0.649. The normalized spacial score (nSPS) is 19.5. The van der Waals surface area contributed by atoms with Gasteiger partial charge in [0, 0.05) is 18.2 Å². The SMILES string of the molecule is [2H]C([2H])([2H])c1cc(C(C)(C)C)cc(C([2H])([2H])C)n1. The molecule has 1 heterocycles. The van der Waals surface area contributed by atoms with E-state index in [-0.39, 0.29) is 16.8 Å². The molecule has 0 N–H and O–H groups in total. The molecule has 0 aromatic carbocycles. The van der Waals surface area contributed by atoms with Crippen LogP contribution in [-0.2, 0) is 11.8 Å². The molecule has 1 heteroatoms. The number of rotatable bonds is 1. The molecule has 0 aliphatic rings. The van der Waals surface area contributed by atoms with Gasteiger partial charge in [-0.25, -0.2) is 0 Å². The molecule has 72 valence electrons. The lowest BCUT2D eigenvalue weighted by Gasteiger charge is -2.20. The van der Waals surface area contributed by atoms with E-state index in [4.69, 9.17) is 6.85 Å². The van der Waals surface area contributed by atoms with E-state index in [1.165, 1.54) is 6.92 Å². The van der Waals surface area contributed by atoms with Crippen molar-refractivity contribution in [3.63, 3.8) is 0 Å². The Kier molecular flexibility index (Phi) is 1.38. The van der Waals surface area contributed by atoms with Crippen molar-refractivity contribution >= 4 is 0 Å². The third kappa shape index (κ3) is 2.55. The second-order valence-electron chi connectivity index (χ2n) is 4.13. The van der Waals surface area contributed by atoms with Crippen molar-refractivity contribution in [1.29, 1.82) is 0 Å². The molecular formula is C12H19N. The van der Waals surface area contributed by atoms with Crippen molar-refractivity contribution < 1.29 is 6.85 Å². The van der Waals surface area contributed by atoms with Crippen LogP contribution in [0.5, 0.6) is 0 Å². The third-order valence-electron chi connectivity index (χ3n) is 1.95. The number of aryl methyl sites for hydroxylation is 2. The molecule has 1 aromatic heterocycles. The van der Waals surface area contributed by atoms with Gasteiger partial charge < -0.3 is 0 Å². The number of hydrogen-bond acceptors (Lipinski definition) is 1. The van der Waals surface area contributed by atoms with Gasteiger partial charge in [0.2, 0.25) is 0 Å². The Bertz CT molecular complexity index is 358. The van der Waals surface area contributed by atoms with Gasteiger partial charge in [-0.2, -0.15) is 0 Å². The van der Waals surface area contributed by atoms with E-state index in [1.54, 1.807) is 12.1 Å². The van der Waals surface area contributed by atoms with E-state index in [0.717, 1.165) is 5.56 Å². The summed E-state index contributed by atoms with van der Waals surface area (Å²) in [5.41, 5.74) is 0.657. The van der Waals surface area contributed by atoms with Crippen LogP contribution in [0, 0.1) is 6.85 Å². The smallest absolute Gasteiger partial charge is 0.0407 e. The molecule has 0 atom stereocenters. The number of pyridine rings is 1. The summed E-state index contributed by atoms with van der Waals surface area (Å²) in [6.07, 6.45) is -1.65. The van der Waals surface area contributed by atoms with Crippen molar-refractivity contribution in [2.75, 3.05) is 0 Å². The summed E-state index contributed by atoms with van der Waals surface area (Å²) in [6.45, 7) is 4.94. The molecule has 1 aromatic rings. The van der Waals surface area contributed by atoms with Gasteiger partial charge in [0.25, 0.3) is 0 Å². The lowest BCUT2D eigenvalue weighted by Crippen LogP contribution is -2.12. The summed E-state index contributed by atoms with van der Waals surface area (Å²) in [4.78, 5) is 3.95. The maximum absolute atomic E-state index is 7.70. The highest BCUT2D eigenvalue weighted by molar-refractivity contribution is 5.26. The molecule has 1 nitrogen and oxygen atoms in total. The van der Waals surface area contributed by atoms with Crippen molar-refractivity contribution in [3.05, 3.63) is 29.1 Å². The molecule has 0 saturated carbocycles. The van der Waals surface area contributed by atoms with E-state index in [1.807, 2.05) is 20.8 Å². The first-order chi connectivity index (χ1) is 7.82. The maximum Gasteiger partial charge on any atom is 0.0407 e. The Morgan fingerprint density at radius 2 is 2.15 bits per heavy atom. The minimum Gasteiger partial charge on any atom is -0.258 e. The first-order valence-electron chi connectivity index (χ1n) is 6.85. The molecule has 0 radical (unpaired) electrons. The van der Waals surface area contributed by atoms with E-state index < -0.39 is 13.2 Å². The van der Waals surface area contributed by atoms with Crippen LogP contribution in [0.25, 0.3) is 0 Å². The van der Waals surface area contributed by atoms with Crippen molar-refractivity contribution in [2.45, 2.75) is 46.3 Å². The summed E-state index contributed by atoms with van der Waals surface area (Å²) in [6, 6.07) is 3.19. The van der Waals surface area contributed by atoms with E-state index in [2.05, 4.69) is 4.98 Å². The minimum absolute atomic E-state index is 0.0457. The van der Waals surface area contributed by atoms with Crippen LogP contribution in [0.15, 0.2) is 12.1 Å². The second kappa shape index (κ2) is 3.49. The van der Waals surface area contributed by atoms with Crippen LogP contribution in [0.2, 0.25) is 0 Å². The maximum atomic E-state index is 7.70. The summed E-state index contributed by atoms with van der Waals surface area (Å²) < 4.78 is 37.7. The summed E-state index contributed by atoms with van der Waals surface area (Å²) in [5.74, 6) is 0. The predicted molar refractivity (Wildman–Crippen MR) is 57.1 cm³/mol. The van der Waals surface area contributed by atoms with Crippen molar-refractivity contribution in [3.8, 4) is 0 Å². The summed E-state index contributed by atoms with van der Waals surface area (Å²) in [5, 5.41) is 0. The Balaban J connectivity index is 3.49. The lowest BCUT2D eigenvalue weighted by molar-refractivity contribution is 0.587. The van der Waals surface area contributed by atoms with Gasteiger partial charge in [0.1, 0.15) is 0 Å². The molecule has 0 saturated heterocycles. The highest BCUT2D eigenvalue weighted by atomic mass is 14.7.